The standard InChI is InChI=1S/C20H22N2O7/c1-3-28-20(24)12-16(14-7-6-8-15(11-14)27-2)21-19(23)13-29-18-10-5-4-9-17(18)22(25)26/h4-11,16H,3,12-13H2,1-2H3,(H,21,23). The smallest absolute Gasteiger partial charge is 0.310 e. The average Bonchev–Trinajstić information content (AvgIpc) is 2.72. The van der Waals surface area contributed by atoms with E-state index in [1.807, 2.05) is 0 Å². The number of esters is 1. The Kier molecular flexibility index (Phi) is 7.96. The summed E-state index contributed by atoms with van der Waals surface area (Å²) in [5.74, 6) is -0.460. The minimum atomic E-state index is -0.675. The van der Waals surface area contributed by atoms with Crippen LogP contribution in [0.25, 0.3) is 0 Å². The number of nitro groups is 1. The molecule has 0 bridgehead atoms. The predicted molar refractivity (Wildman–Crippen MR) is 104 cm³/mol. The molecule has 0 radical (unpaired) electrons. The summed E-state index contributed by atoms with van der Waals surface area (Å²) < 4.78 is 15.5. The predicted octanol–water partition coefficient (Wildman–Crippen LogP) is 2.79. The lowest BCUT2D eigenvalue weighted by molar-refractivity contribution is -0.385. The maximum atomic E-state index is 12.4. The van der Waals surface area contributed by atoms with Crippen LogP contribution in [0, 0.1) is 10.1 Å². The monoisotopic (exact) mass is 402 g/mol. The van der Waals surface area contributed by atoms with Crippen LogP contribution in [0.15, 0.2) is 48.5 Å². The Hall–Kier alpha value is -3.62. The Bertz CT molecular complexity index is 869. The molecule has 2 aromatic rings. The maximum Gasteiger partial charge on any atom is 0.310 e. The number of para-hydroxylation sites is 2. The fraction of sp³-hybridized carbons (Fsp3) is 0.300. The molecule has 9 nitrogen and oxygen atoms in total. The van der Waals surface area contributed by atoms with Crippen molar-refractivity contribution in [2.45, 2.75) is 19.4 Å². The third-order valence-corrected chi connectivity index (χ3v) is 3.93. The van der Waals surface area contributed by atoms with E-state index in [1.165, 1.54) is 25.3 Å². The van der Waals surface area contributed by atoms with Gasteiger partial charge in [-0.3, -0.25) is 19.7 Å². The summed E-state index contributed by atoms with van der Waals surface area (Å²) in [6, 6.07) is 12.0. The summed E-state index contributed by atoms with van der Waals surface area (Å²) in [7, 11) is 1.51. The molecule has 0 aliphatic heterocycles. The van der Waals surface area contributed by atoms with Gasteiger partial charge in [0, 0.05) is 6.07 Å². The number of methoxy groups -OCH3 is 1. The molecule has 0 saturated carbocycles. The third kappa shape index (κ3) is 6.49. The van der Waals surface area contributed by atoms with Gasteiger partial charge in [0.15, 0.2) is 12.4 Å². The number of ether oxygens (including phenoxy) is 3. The number of amides is 1. The van der Waals surface area contributed by atoms with Gasteiger partial charge < -0.3 is 19.5 Å². The van der Waals surface area contributed by atoms with Crippen LogP contribution < -0.4 is 14.8 Å². The highest BCUT2D eigenvalue weighted by Crippen LogP contribution is 2.26. The molecule has 0 heterocycles. The second-order valence-corrected chi connectivity index (χ2v) is 5.92. The van der Waals surface area contributed by atoms with Crippen LogP contribution in [0.2, 0.25) is 0 Å². The molecule has 154 valence electrons. The van der Waals surface area contributed by atoms with Crippen molar-refractivity contribution in [1.29, 1.82) is 0 Å². The van der Waals surface area contributed by atoms with Gasteiger partial charge in [0.1, 0.15) is 5.75 Å². The molecular formula is C20H22N2O7. The number of carbonyl (C=O) groups is 2. The molecule has 1 unspecified atom stereocenters. The quantitative estimate of drug-likeness (QED) is 0.369. The number of carbonyl (C=O) groups excluding carboxylic acids is 2. The first kappa shape index (κ1) is 21.7. The molecule has 2 rings (SSSR count). The topological polar surface area (TPSA) is 117 Å². The molecule has 1 atom stereocenters. The third-order valence-electron chi connectivity index (χ3n) is 3.93. The average molecular weight is 402 g/mol. The van der Waals surface area contributed by atoms with Crippen LogP contribution in [0.5, 0.6) is 11.5 Å². The molecule has 1 N–H and O–H groups in total. The van der Waals surface area contributed by atoms with E-state index in [4.69, 9.17) is 14.2 Å². The van der Waals surface area contributed by atoms with Gasteiger partial charge in [-0.05, 0) is 30.7 Å². The molecule has 9 heteroatoms. The van der Waals surface area contributed by atoms with Gasteiger partial charge in [0.2, 0.25) is 0 Å². The summed E-state index contributed by atoms with van der Waals surface area (Å²) in [6.07, 6.45) is -0.0851. The fourth-order valence-corrected chi connectivity index (χ4v) is 2.61. The molecule has 0 saturated heterocycles. The Morgan fingerprint density at radius 3 is 2.62 bits per heavy atom. The van der Waals surface area contributed by atoms with E-state index in [-0.39, 0.29) is 24.5 Å². The molecule has 0 aliphatic carbocycles. The van der Waals surface area contributed by atoms with Crippen LogP contribution in [-0.2, 0) is 14.3 Å². The Balaban J connectivity index is 2.10. The zero-order valence-corrected chi connectivity index (χ0v) is 16.1. The van der Waals surface area contributed by atoms with Crippen LogP contribution >= 0.6 is 0 Å². The summed E-state index contributed by atoms with van der Waals surface area (Å²) >= 11 is 0. The zero-order valence-electron chi connectivity index (χ0n) is 16.1. The van der Waals surface area contributed by atoms with Crippen molar-refractivity contribution in [2.24, 2.45) is 0 Å². The molecule has 0 aliphatic rings. The fourth-order valence-electron chi connectivity index (χ4n) is 2.61. The summed E-state index contributed by atoms with van der Waals surface area (Å²) in [5.41, 5.74) is 0.410. The van der Waals surface area contributed by atoms with Gasteiger partial charge in [-0.15, -0.1) is 0 Å². The van der Waals surface area contributed by atoms with Crippen LogP contribution in [0.4, 0.5) is 5.69 Å². The largest absolute Gasteiger partial charge is 0.497 e. The van der Waals surface area contributed by atoms with E-state index in [1.54, 1.807) is 37.3 Å². The van der Waals surface area contributed by atoms with E-state index >= 15 is 0 Å². The van der Waals surface area contributed by atoms with Crippen LogP contribution in [0.1, 0.15) is 24.9 Å². The van der Waals surface area contributed by atoms with Crippen LogP contribution in [-0.4, -0.2) is 37.1 Å². The van der Waals surface area contributed by atoms with E-state index < -0.39 is 29.4 Å². The first-order chi connectivity index (χ1) is 13.9. The molecule has 29 heavy (non-hydrogen) atoms. The van der Waals surface area contributed by atoms with Gasteiger partial charge in [-0.1, -0.05) is 24.3 Å². The number of rotatable bonds is 10. The second-order valence-electron chi connectivity index (χ2n) is 5.92. The van der Waals surface area contributed by atoms with E-state index in [0.29, 0.717) is 11.3 Å². The molecule has 1 amide bonds. The van der Waals surface area contributed by atoms with E-state index in [9.17, 15) is 19.7 Å². The van der Waals surface area contributed by atoms with Crippen molar-refractivity contribution in [3.8, 4) is 11.5 Å². The Morgan fingerprint density at radius 2 is 1.93 bits per heavy atom. The molecule has 0 fully saturated rings. The lowest BCUT2D eigenvalue weighted by atomic mass is 10.0. The van der Waals surface area contributed by atoms with Crippen molar-refractivity contribution in [2.75, 3.05) is 20.3 Å². The number of hydrogen-bond acceptors (Lipinski definition) is 7. The number of nitro benzene ring substituents is 1. The Morgan fingerprint density at radius 1 is 1.17 bits per heavy atom. The van der Waals surface area contributed by atoms with Crippen molar-refractivity contribution in [1.82, 2.24) is 5.32 Å². The minimum Gasteiger partial charge on any atom is -0.497 e. The highest BCUT2D eigenvalue weighted by Gasteiger charge is 2.21. The van der Waals surface area contributed by atoms with E-state index in [0.717, 1.165) is 0 Å². The lowest BCUT2D eigenvalue weighted by Gasteiger charge is -2.19. The van der Waals surface area contributed by atoms with Gasteiger partial charge in [-0.2, -0.15) is 0 Å². The number of hydrogen-bond donors (Lipinski definition) is 1. The lowest BCUT2D eigenvalue weighted by Crippen LogP contribution is -2.34. The maximum absolute atomic E-state index is 12.4. The van der Waals surface area contributed by atoms with E-state index in [2.05, 4.69) is 5.32 Å². The van der Waals surface area contributed by atoms with Crippen molar-refractivity contribution in [3.05, 3.63) is 64.2 Å². The molecule has 0 aromatic heterocycles. The summed E-state index contributed by atoms with van der Waals surface area (Å²) in [6.45, 7) is 1.46. The van der Waals surface area contributed by atoms with Gasteiger partial charge in [0.05, 0.1) is 31.1 Å². The summed E-state index contributed by atoms with van der Waals surface area (Å²) in [5, 5.41) is 13.7. The minimum absolute atomic E-state index is 0.0176. The number of nitrogens with one attached hydrogen (secondary N) is 1. The van der Waals surface area contributed by atoms with Crippen molar-refractivity contribution >= 4 is 17.6 Å². The molecule has 2 aromatic carbocycles. The number of nitrogens with zero attached hydrogens (tertiary/aromatic N) is 1. The highest BCUT2D eigenvalue weighted by molar-refractivity contribution is 5.79. The first-order valence-corrected chi connectivity index (χ1v) is 8.89. The van der Waals surface area contributed by atoms with Gasteiger partial charge in [0.25, 0.3) is 5.91 Å². The van der Waals surface area contributed by atoms with Crippen molar-refractivity contribution in [3.63, 3.8) is 0 Å². The SMILES string of the molecule is CCOC(=O)CC(NC(=O)COc1ccccc1[N+](=O)[O-])c1cccc(OC)c1. The normalized spacial score (nSPS) is 11.2. The van der Waals surface area contributed by atoms with Gasteiger partial charge in [-0.25, -0.2) is 0 Å². The summed E-state index contributed by atoms with van der Waals surface area (Å²) in [4.78, 5) is 34.8. The first-order valence-electron chi connectivity index (χ1n) is 8.89. The van der Waals surface area contributed by atoms with Crippen molar-refractivity contribution < 1.29 is 28.7 Å². The Labute approximate surface area is 167 Å². The molecular weight excluding hydrogens is 380 g/mol. The van der Waals surface area contributed by atoms with Crippen LogP contribution in [0.3, 0.4) is 0 Å². The highest BCUT2D eigenvalue weighted by atomic mass is 16.6. The molecule has 0 spiro atoms. The zero-order chi connectivity index (χ0) is 21.2. The number of benzene rings is 2. The second kappa shape index (κ2) is 10.6. The van der Waals surface area contributed by atoms with Gasteiger partial charge >= 0.3 is 11.7 Å².